The molecule has 0 unspecified atom stereocenters. The van der Waals surface area contributed by atoms with Crippen LogP contribution in [0.3, 0.4) is 0 Å². The van der Waals surface area contributed by atoms with Gasteiger partial charge >= 0.3 is 11.9 Å². The van der Waals surface area contributed by atoms with Crippen LogP contribution in [0.15, 0.2) is 90.2 Å². The fourth-order valence-electron chi connectivity index (χ4n) is 6.21. The Morgan fingerprint density at radius 3 is 1.89 bits per heavy atom. The number of allylic oxidation sites excluding steroid dienone is 1. The average molecular weight is 841 g/mol. The van der Waals surface area contributed by atoms with Crippen LogP contribution in [-0.4, -0.2) is 76.3 Å². The van der Waals surface area contributed by atoms with Crippen molar-refractivity contribution in [3.05, 3.63) is 157 Å². The fraction of sp³-hybridized carbons (Fsp3) is 0.100. The number of nitro benzene ring substituents is 1. The molecule has 0 saturated heterocycles. The molecule has 61 heavy (non-hydrogen) atoms. The highest BCUT2D eigenvalue weighted by molar-refractivity contribution is 6.34. The minimum absolute atomic E-state index is 0.0174. The van der Waals surface area contributed by atoms with E-state index in [0.717, 1.165) is 56.9 Å². The number of esters is 2. The van der Waals surface area contributed by atoms with Crippen molar-refractivity contribution in [2.45, 2.75) is 0 Å². The van der Waals surface area contributed by atoms with Gasteiger partial charge in [0.2, 0.25) is 11.2 Å². The third kappa shape index (κ3) is 8.32. The first-order valence-electron chi connectivity index (χ1n) is 17.3. The van der Waals surface area contributed by atoms with Crippen LogP contribution in [0, 0.1) is 33.4 Å². The van der Waals surface area contributed by atoms with Gasteiger partial charge in [-0.15, -0.1) is 0 Å². The number of hydrogen-bond donors (Lipinski definition) is 1. The number of benzene rings is 4. The minimum atomic E-state index is -1.13. The number of carbonyl (C=O) groups is 3. The number of rotatable bonds is 9. The van der Waals surface area contributed by atoms with Crippen molar-refractivity contribution in [3.63, 3.8) is 0 Å². The van der Waals surface area contributed by atoms with Gasteiger partial charge in [0, 0.05) is 25.7 Å². The molecule has 0 amide bonds. The molecule has 0 aliphatic heterocycles. The lowest BCUT2D eigenvalue weighted by atomic mass is 9.94. The maximum atomic E-state index is 14.2. The molecule has 0 spiro atoms. The Kier molecular flexibility index (Phi) is 11.9. The molecule has 7 aromatic rings. The Morgan fingerprint density at radius 2 is 1.33 bits per heavy atom. The lowest BCUT2D eigenvalue weighted by molar-refractivity contribution is -0.385. The van der Waals surface area contributed by atoms with Gasteiger partial charge in [-0.25, -0.2) is 46.5 Å². The quantitative estimate of drug-likeness (QED) is 0.0337. The zero-order valence-electron chi connectivity index (χ0n) is 32.0. The maximum Gasteiger partial charge on any atom is 0.338 e. The van der Waals surface area contributed by atoms with Crippen molar-refractivity contribution in [1.82, 2.24) is 34.3 Å². The average Bonchev–Trinajstić information content (AvgIpc) is 3.87. The number of fused-ring (bicyclic) bond motifs is 1. The first kappa shape index (κ1) is 42.3. The van der Waals surface area contributed by atoms with Gasteiger partial charge in [0.15, 0.2) is 11.6 Å². The first-order chi connectivity index (χ1) is 29.1. The Balaban J connectivity index is 0.000000204. The summed E-state index contributed by atoms with van der Waals surface area (Å²) in [7, 11) is 5.10. The summed E-state index contributed by atoms with van der Waals surface area (Å²) in [5.74, 6) is -5.95. The van der Waals surface area contributed by atoms with Gasteiger partial charge in [-0.2, -0.15) is 14.9 Å². The number of Topliss-reactive ketones (excluding diaryl/α,β-unsaturated/α-hetero) is 1. The van der Waals surface area contributed by atoms with Gasteiger partial charge in [-0.3, -0.25) is 19.7 Å². The first-order valence-corrected chi connectivity index (χ1v) is 17.3. The van der Waals surface area contributed by atoms with Crippen LogP contribution in [0.4, 0.5) is 23.2 Å². The number of aryl methyl sites for hydroxylation is 2. The van der Waals surface area contributed by atoms with Gasteiger partial charge in [-0.1, -0.05) is 12.1 Å². The molecule has 7 rings (SSSR count). The SMILES string of the molecule is COC(=O)c1cc(F)cc([N+](=O)[O-])c1C(=O)/C(=C/c1ccc(F)cc1)c1ncnn1C.COC(=O)c1cc(F)cc2c1c(=O)c(-c1ncnn1C)c(-c1ccc(F)cc1)n2O. The summed E-state index contributed by atoms with van der Waals surface area (Å²) < 4.78 is 67.2. The zero-order valence-corrected chi connectivity index (χ0v) is 32.0. The fourth-order valence-corrected chi connectivity index (χ4v) is 6.21. The van der Waals surface area contributed by atoms with Gasteiger partial charge in [0.1, 0.15) is 47.2 Å². The van der Waals surface area contributed by atoms with E-state index < -0.39 is 68.2 Å². The summed E-state index contributed by atoms with van der Waals surface area (Å²) in [5, 5.41) is 30.1. The number of ketones is 1. The molecule has 0 saturated carbocycles. The monoisotopic (exact) mass is 840 g/mol. The lowest BCUT2D eigenvalue weighted by Gasteiger charge is -2.17. The molecular weight excluding hydrogens is 812 g/mol. The highest BCUT2D eigenvalue weighted by Crippen LogP contribution is 2.34. The van der Waals surface area contributed by atoms with Crippen molar-refractivity contribution in [1.29, 1.82) is 0 Å². The van der Waals surface area contributed by atoms with Crippen molar-refractivity contribution in [3.8, 4) is 22.6 Å². The predicted octanol–water partition coefficient (Wildman–Crippen LogP) is 5.98. The molecule has 0 aliphatic rings. The van der Waals surface area contributed by atoms with Crippen molar-refractivity contribution < 1.29 is 51.5 Å². The number of nitrogens with zero attached hydrogens (tertiary/aromatic N) is 8. The van der Waals surface area contributed by atoms with E-state index in [2.05, 4.69) is 29.6 Å². The Hall–Kier alpha value is -8.36. The van der Waals surface area contributed by atoms with E-state index in [4.69, 9.17) is 0 Å². The molecule has 310 valence electrons. The van der Waals surface area contributed by atoms with Crippen LogP contribution in [0.25, 0.3) is 45.2 Å². The second kappa shape index (κ2) is 17.2. The minimum Gasteiger partial charge on any atom is -0.465 e. The Labute approximate surface area is 339 Å². The molecule has 0 radical (unpaired) electrons. The number of pyridine rings is 1. The number of ether oxygens (including phenoxy) is 2. The molecule has 17 nitrogen and oxygen atoms in total. The van der Waals surface area contributed by atoms with E-state index in [0.29, 0.717) is 22.4 Å². The van der Waals surface area contributed by atoms with E-state index in [1.54, 1.807) is 0 Å². The van der Waals surface area contributed by atoms with E-state index >= 15 is 0 Å². The Morgan fingerprint density at radius 1 is 0.770 bits per heavy atom. The third-order valence-electron chi connectivity index (χ3n) is 8.96. The number of carbonyl (C=O) groups excluding carboxylic acids is 3. The smallest absolute Gasteiger partial charge is 0.338 e. The molecule has 3 aromatic heterocycles. The van der Waals surface area contributed by atoms with E-state index in [1.165, 1.54) is 60.1 Å². The number of nitro groups is 1. The molecule has 0 bridgehead atoms. The number of halogens is 4. The standard InChI is InChI=1S/C20H14F2N4O5.C20H14F2N4O4/c1-25-19(23-10-24-25)15(7-11-3-5-12(21)6-4-11)18(27)17-14(20(28)31-2)8-13(22)9-16(17)26(29)30;1-25-19(23-9-24-25)16-17(10-3-5-11(21)6-4-10)26(29)14-8-12(22)7-13(20(28)30-2)15(14)18(16)27/h3-10H,1-2H3;3-9,29H,1-2H3/b15-7-;. The number of aromatic nitrogens is 7. The largest absolute Gasteiger partial charge is 0.465 e. The second-order valence-corrected chi connectivity index (χ2v) is 12.7. The van der Waals surface area contributed by atoms with Crippen molar-refractivity contribution in [2.24, 2.45) is 14.1 Å². The summed E-state index contributed by atoms with van der Waals surface area (Å²) in [4.78, 5) is 70.0. The summed E-state index contributed by atoms with van der Waals surface area (Å²) in [6.45, 7) is 0. The van der Waals surface area contributed by atoms with Gasteiger partial charge < -0.3 is 14.7 Å². The zero-order chi connectivity index (χ0) is 44.3. The second-order valence-electron chi connectivity index (χ2n) is 12.7. The van der Waals surface area contributed by atoms with Crippen LogP contribution in [0.2, 0.25) is 0 Å². The molecule has 3 heterocycles. The highest BCUT2D eigenvalue weighted by atomic mass is 19.1. The number of methoxy groups -OCH3 is 2. The molecule has 0 atom stereocenters. The lowest BCUT2D eigenvalue weighted by Crippen LogP contribution is -2.20. The highest BCUT2D eigenvalue weighted by Gasteiger charge is 2.33. The molecule has 21 heteroatoms. The van der Waals surface area contributed by atoms with E-state index in [-0.39, 0.29) is 50.5 Å². The van der Waals surface area contributed by atoms with Crippen LogP contribution >= 0.6 is 0 Å². The summed E-state index contributed by atoms with van der Waals surface area (Å²) in [6, 6.07) is 13.0. The van der Waals surface area contributed by atoms with Crippen molar-refractivity contribution >= 4 is 46.0 Å². The summed E-state index contributed by atoms with van der Waals surface area (Å²) in [5.41, 5.74) is -3.24. The van der Waals surface area contributed by atoms with Crippen LogP contribution in [0.5, 0.6) is 0 Å². The third-order valence-corrected chi connectivity index (χ3v) is 8.96. The molecular formula is C40H28F4N8O9. The topological polar surface area (TPSA) is 216 Å². The molecule has 1 N–H and O–H groups in total. The normalized spacial score (nSPS) is 11.2. The molecule has 0 aliphatic carbocycles. The van der Waals surface area contributed by atoms with Crippen LogP contribution in [-0.2, 0) is 23.6 Å². The number of hydrogen-bond acceptors (Lipinski definition) is 13. The van der Waals surface area contributed by atoms with Crippen LogP contribution < -0.4 is 5.43 Å². The molecule has 4 aromatic carbocycles. The Bertz CT molecular complexity index is 2980. The molecule has 0 fully saturated rings. The summed E-state index contributed by atoms with van der Waals surface area (Å²) in [6.07, 6.45) is 3.67. The van der Waals surface area contributed by atoms with Gasteiger partial charge in [-0.05, 0) is 60.2 Å². The van der Waals surface area contributed by atoms with E-state index in [9.17, 15) is 52.1 Å². The van der Waals surface area contributed by atoms with Crippen molar-refractivity contribution in [2.75, 3.05) is 14.2 Å². The van der Waals surface area contributed by atoms with Crippen LogP contribution in [0.1, 0.15) is 42.5 Å². The summed E-state index contributed by atoms with van der Waals surface area (Å²) >= 11 is 0. The maximum absolute atomic E-state index is 14.2. The van der Waals surface area contributed by atoms with Gasteiger partial charge in [0.05, 0.1) is 58.4 Å². The van der Waals surface area contributed by atoms with E-state index in [1.807, 2.05) is 0 Å². The van der Waals surface area contributed by atoms with Gasteiger partial charge in [0.25, 0.3) is 5.69 Å². The predicted molar refractivity (Wildman–Crippen MR) is 206 cm³/mol.